The van der Waals surface area contributed by atoms with Gasteiger partial charge in [-0.05, 0) is 48.6 Å². The summed E-state index contributed by atoms with van der Waals surface area (Å²) in [6.45, 7) is 3.93. The molecule has 1 aliphatic carbocycles. The van der Waals surface area contributed by atoms with E-state index in [1.807, 2.05) is 30.5 Å². The van der Waals surface area contributed by atoms with Crippen LogP contribution in [0.2, 0.25) is 0 Å². The highest BCUT2D eigenvalue weighted by Crippen LogP contribution is 2.60. The number of nitrogens with two attached hydrogens (primary N) is 1. The molecular weight excluding hydrogens is 444 g/mol. The number of benzene rings is 1. The average molecular weight is 473 g/mol. The Hall–Kier alpha value is -3.46. The molecule has 1 spiro atoms. The van der Waals surface area contributed by atoms with E-state index in [2.05, 4.69) is 26.2 Å². The van der Waals surface area contributed by atoms with Gasteiger partial charge in [-0.3, -0.25) is 29.5 Å². The molecule has 4 fully saturated rings. The molecule has 9 nitrogen and oxygen atoms in total. The van der Waals surface area contributed by atoms with E-state index in [-0.39, 0.29) is 24.1 Å². The third kappa shape index (κ3) is 3.03. The number of nitrogens with zero attached hydrogens (tertiary/aromatic N) is 4. The van der Waals surface area contributed by atoms with E-state index in [9.17, 15) is 14.4 Å². The Morgan fingerprint density at radius 2 is 1.83 bits per heavy atom. The van der Waals surface area contributed by atoms with Crippen LogP contribution in [0.5, 0.6) is 0 Å². The van der Waals surface area contributed by atoms with Gasteiger partial charge in [-0.15, -0.1) is 0 Å². The van der Waals surface area contributed by atoms with Gasteiger partial charge in [0, 0.05) is 50.2 Å². The molecule has 0 bridgehead atoms. The van der Waals surface area contributed by atoms with Gasteiger partial charge in [0.05, 0.1) is 17.3 Å². The van der Waals surface area contributed by atoms with Gasteiger partial charge in [-0.2, -0.15) is 0 Å². The predicted molar refractivity (Wildman–Crippen MR) is 130 cm³/mol. The van der Waals surface area contributed by atoms with E-state index in [0.29, 0.717) is 24.2 Å². The van der Waals surface area contributed by atoms with E-state index in [1.54, 1.807) is 4.90 Å². The topological polar surface area (TPSA) is 112 Å². The first-order chi connectivity index (χ1) is 16.9. The van der Waals surface area contributed by atoms with Gasteiger partial charge in [-0.1, -0.05) is 12.1 Å². The first-order valence-corrected chi connectivity index (χ1v) is 12.5. The van der Waals surface area contributed by atoms with E-state index in [4.69, 9.17) is 5.73 Å². The van der Waals surface area contributed by atoms with Crippen LogP contribution in [0.1, 0.15) is 42.7 Å². The molecule has 1 unspecified atom stereocenters. The summed E-state index contributed by atoms with van der Waals surface area (Å²) in [6, 6.07) is 9.96. The van der Waals surface area contributed by atoms with Crippen molar-refractivity contribution in [3.05, 3.63) is 47.7 Å². The van der Waals surface area contributed by atoms with Gasteiger partial charge in [0.25, 0.3) is 0 Å². The Labute approximate surface area is 203 Å². The minimum absolute atomic E-state index is 0.0392. The number of piperidine rings is 1. The second kappa shape index (κ2) is 7.27. The summed E-state index contributed by atoms with van der Waals surface area (Å²) in [5.41, 5.74) is 9.62. The molecule has 5 heterocycles. The van der Waals surface area contributed by atoms with Crippen LogP contribution >= 0.6 is 0 Å². The molecule has 9 heteroatoms. The number of nitrogens with one attached hydrogen (secondary N) is 1. The van der Waals surface area contributed by atoms with E-state index in [1.165, 1.54) is 5.56 Å². The van der Waals surface area contributed by atoms with Crippen molar-refractivity contribution in [3.63, 3.8) is 0 Å². The second-order valence-electron chi connectivity index (χ2n) is 10.6. The van der Waals surface area contributed by atoms with Crippen LogP contribution in [0.3, 0.4) is 0 Å². The zero-order valence-electron chi connectivity index (χ0n) is 19.4. The summed E-state index contributed by atoms with van der Waals surface area (Å²) in [5, 5.41) is 2.42. The molecule has 7 rings (SSSR count). The Morgan fingerprint density at radius 3 is 2.51 bits per heavy atom. The van der Waals surface area contributed by atoms with E-state index in [0.717, 1.165) is 56.0 Å². The van der Waals surface area contributed by atoms with Crippen LogP contribution in [0.15, 0.2) is 36.5 Å². The van der Waals surface area contributed by atoms with Crippen LogP contribution in [-0.4, -0.2) is 65.9 Å². The molecule has 35 heavy (non-hydrogen) atoms. The highest BCUT2D eigenvalue weighted by molar-refractivity contribution is 6.15. The number of imide groups is 1. The monoisotopic (exact) mass is 472 g/mol. The molecule has 180 valence electrons. The maximum absolute atomic E-state index is 13.6. The molecule has 1 aromatic carbocycles. The smallest absolute Gasteiger partial charge is 0.249 e. The molecule has 1 aromatic heterocycles. The highest BCUT2D eigenvalue weighted by atomic mass is 16.2. The second-order valence-corrected chi connectivity index (χ2v) is 10.6. The van der Waals surface area contributed by atoms with Crippen LogP contribution < -0.4 is 20.9 Å². The number of rotatable bonds is 4. The number of anilines is 3. The Balaban J connectivity index is 1.08. The van der Waals surface area contributed by atoms with Gasteiger partial charge in [-0.25, -0.2) is 4.98 Å². The van der Waals surface area contributed by atoms with Crippen LogP contribution in [0.25, 0.3) is 0 Å². The lowest BCUT2D eigenvalue weighted by atomic mass is 9.81. The summed E-state index contributed by atoms with van der Waals surface area (Å²) in [4.78, 5) is 48.6. The van der Waals surface area contributed by atoms with Crippen molar-refractivity contribution in [3.8, 4) is 0 Å². The summed E-state index contributed by atoms with van der Waals surface area (Å²) in [6.07, 6.45) is 4.16. The maximum atomic E-state index is 13.6. The Kier molecular flexibility index (Phi) is 4.34. The zero-order valence-corrected chi connectivity index (χ0v) is 19.4. The zero-order chi connectivity index (χ0) is 23.9. The van der Waals surface area contributed by atoms with Gasteiger partial charge >= 0.3 is 0 Å². The molecule has 2 aromatic rings. The Bertz CT molecular complexity index is 1240. The lowest BCUT2D eigenvalue weighted by Gasteiger charge is -2.53. The lowest BCUT2D eigenvalue weighted by molar-refractivity contribution is -0.135. The minimum Gasteiger partial charge on any atom is -0.384 e. The lowest BCUT2D eigenvalue weighted by Crippen LogP contribution is -2.64. The van der Waals surface area contributed by atoms with Crippen LogP contribution in [-0.2, 0) is 19.8 Å². The maximum Gasteiger partial charge on any atom is 0.249 e. The van der Waals surface area contributed by atoms with Crippen LogP contribution in [0.4, 0.5) is 17.2 Å². The quantitative estimate of drug-likeness (QED) is 0.642. The molecule has 3 amide bonds. The van der Waals surface area contributed by atoms with Gasteiger partial charge in [0.2, 0.25) is 17.7 Å². The number of aromatic nitrogens is 1. The molecule has 1 saturated carbocycles. The number of hydrogen-bond donors (Lipinski definition) is 2. The molecule has 0 radical (unpaired) electrons. The molecule has 3 saturated heterocycles. The number of fused-ring (bicyclic) bond motifs is 2. The number of amides is 3. The largest absolute Gasteiger partial charge is 0.384 e. The standard InChI is InChI=1S/C26H28N6O3/c27-21-6-4-16(10-28-21)31-13-17(14-31)30-11-15(12-30)18-2-1-3-19-23(18)26(8-9-26)25(35)32(19)20-5-7-22(33)29-24(20)34/h1-4,6,10,15,17,20H,5,7-9,11-14H2,(H2,27,28)(H,29,33,34). The fourth-order valence-electron chi connectivity index (χ4n) is 6.38. The molecule has 5 aliphatic rings. The third-order valence-corrected chi connectivity index (χ3v) is 8.58. The van der Waals surface area contributed by atoms with Crippen molar-refractivity contribution in [1.82, 2.24) is 15.2 Å². The number of pyridine rings is 1. The normalized spacial score (nSPS) is 25.9. The van der Waals surface area contributed by atoms with Crippen molar-refractivity contribution >= 4 is 34.9 Å². The SMILES string of the molecule is Nc1ccc(N2CC(N3CC(c4cccc5c4C4(CC4)C(=O)N5C4CCC(=O)NC4=O)C3)C2)cn1. The van der Waals surface area contributed by atoms with Crippen LogP contribution in [0, 0.1) is 0 Å². The van der Waals surface area contributed by atoms with Crippen molar-refractivity contribution in [2.75, 3.05) is 41.7 Å². The number of likely N-dealkylation sites (tertiary alicyclic amines) is 1. The number of hydrogen-bond acceptors (Lipinski definition) is 7. The summed E-state index contributed by atoms with van der Waals surface area (Å²) in [5.74, 6) is 0.352. The number of carbonyl (C=O) groups excluding carboxylic acids is 3. The molecular formula is C26H28N6O3. The molecule has 3 N–H and O–H groups in total. The minimum atomic E-state index is -0.601. The predicted octanol–water partition coefficient (Wildman–Crippen LogP) is 1.14. The average Bonchev–Trinajstić information content (AvgIpc) is 3.54. The van der Waals surface area contributed by atoms with Crippen molar-refractivity contribution in [2.24, 2.45) is 0 Å². The van der Waals surface area contributed by atoms with E-state index >= 15 is 0 Å². The van der Waals surface area contributed by atoms with Gasteiger partial charge in [0.1, 0.15) is 11.9 Å². The third-order valence-electron chi connectivity index (χ3n) is 8.58. The first-order valence-electron chi connectivity index (χ1n) is 12.5. The highest BCUT2D eigenvalue weighted by Gasteiger charge is 2.62. The van der Waals surface area contributed by atoms with Gasteiger partial charge in [0.15, 0.2) is 0 Å². The number of carbonyl (C=O) groups is 3. The van der Waals surface area contributed by atoms with Crippen molar-refractivity contribution in [1.29, 1.82) is 0 Å². The fourth-order valence-corrected chi connectivity index (χ4v) is 6.38. The van der Waals surface area contributed by atoms with Gasteiger partial charge < -0.3 is 10.6 Å². The Morgan fingerprint density at radius 1 is 1.03 bits per heavy atom. The molecule has 1 atom stereocenters. The molecule has 4 aliphatic heterocycles. The summed E-state index contributed by atoms with van der Waals surface area (Å²) >= 11 is 0. The fraction of sp³-hybridized carbons (Fsp3) is 0.462. The number of nitrogen functional groups attached to an aromatic ring is 1. The summed E-state index contributed by atoms with van der Waals surface area (Å²) < 4.78 is 0. The first kappa shape index (κ1) is 20.9. The van der Waals surface area contributed by atoms with Crippen molar-refractivity contribution in [2.45, 2.75) is 49.1 Å². The van der Waals surface area contributed by atoms with Crippen molar-refractivity contribution < 1.29 is 14.4 Å². The van der Waals surface area contributed by atoms with E-state index < -0.39 is 11.5 Å². The summed E-state index contributed by atoms with van der Waals surface area (Å²) in [7, 11) is 0.